The second kappa shape index (κ2) is 5.48. The minimum Gasteiger partial charge on any atom is -0.384 e. The van der Waals surface area contributed by atoms with Gasteiger partial charge in [-0.15, -0.1) is 0 Å². The largest absolute Gasteiger partial charge is 0.384 e. The molecule has 0 saturated heterocycles. The van der Waals surface area contributed by atoms with Crippen molar-refractivity contribution in [2.45, 2.75) is 32.1 Å². The van der Waals surface area contributed by atoms with Crippen LogP contribution in [0.4, 0.5) is 5.69 Å². The Labute approximate surface area is 115 Å². The molecule has 1 N–H and O–H groups in total. The number of aryl methyl sites for hydroxylation is 2. The lowest BCUT2D eigenvalue weighted by Gasteiger charge is -2.14. The van der Waals surface area contributed by atoms with E-state index in [1.54, 1.807) is 5.56 Å². The van der Waals surface area contributed by atoms with E-state index in [1.165, 1.54) is 36.1 Å². The van der Waals surface area contributed by atoms with Crippen LogP contribution in [0.2, 0.25) is 0 Å². The van der Waals surface area contributed by atoms with Crippen molar-refractivity contribution in [3.05, 3.63) is 65.2 Å². The van der Waals surface area contributed by atoms with Crippen LogP contribution in [0.5, 0.6) is 0 Å². The second-order valence-corrected chi connectivity index (χ2v) is 5.53. The van der Waals surface area contributed by atoms with Gasteiger partial charge in [0.1, 0.15) is 0 Å². The molecule has 3 rings (SSSR count). The topological polar surface area (TPSA) is 12.0 Å². The van der Waals surface area contributed by atoms with Crippen molar-refractivity contribution < 1.29 is 0 Å². The van der Waals surface area contributed by atoms with E-state index in [2.05, 4.69) is 60.8 Å². The van der Waals surface area contributed by atoms with E-state index < -0.39 is 0 Å². The molecule has 0 amide bonds. The monoisotopic (exact) mass is 251 g/mol. The smallest absolute Gasteiger partial charge is 0.0343 e. The van der Waals surface area contributed by atoms with Gasteiger partial charge in [-0.25, -0.2) is 0 Å². The van der Waals surface area contributed by atoms with E-state index >= 15 is 0 Å². The van der Waals surface area contributed by atoms with Gasteiger partial charge in [-0.05, 0) is 54.0 Å². The fraction of sp³-hybridized carbons (Fsp3) is 0.333. The molecule has 1 heteroatoms. The molecule has 1 aliphatic rings. The van der Waals surface area contributed by atoms with Crippen LogP contribution in [-0.2, 0) is 12.8 Å². The Hall–Kier alpha value is -1.76. The van der Waals surface area contributed by atoms with E-state index in [9.17, 15) is 0 Å². The number of hydrogen-bond donors (Lipinski definition) is 1. The molecule has 0 bridgehead atoms. The summed E-state index contributed by atoms with van der Waals surface area (Å²) in [6.45, 7) is 3.26. The Bertz CT molecular complexity index is 545. The normalized spacial score (nSPS) is 15.0. The van der Waals surface area contributed by atoms with Crippen LogP contribution in [-0.4, -0.2) is 6.54 Å². The molecule has 19 heavy (non-hydrogen) atoms. The SMILES string of the molecule is CC(CNc1ccc2c(c1)CCC2)c1ccccc1. The summed E-state index contributed by atoms with van der Waals surface area (Å²) in [7, 11) is 0. The summed E-state index contributed by atoms with van der Waals surface area (Å²) < 4.78 is 0. The third kappa shape index (κ3) is 2.81. The third-order valence-electron chi connectivity index (χ3n) is 4.08. The predicted molar refractivity (Wildman–Crippen MR) is 81.8 cm³/mol. The molecule has 1 unspecified atom stereocenters. The van der Waals surface area contributed by atoms with Crippen molar-refractivity contribution in [1.82, 2.24) is 0 Å². The van der Waals surface area contributed by atoms with E-state index in [0.29, 0.717) is 5.92 Å². The fourth-order valence-electron chi connectivity index (χ4n) is 2.85. The maximum atomic E-state index is 3.57. The maximum absolute atomic E-state index is 3.57. The van der Waals surface area contributed by atoms with Gasteiger partial charge in [0, 0.05) is 12.2 Å². The van der Waals surface area contributed by atoms with Crippen molar-refractivity contribution in [1.29, 1.82) is 0 Å². The fourth-order valence-corrected chi connectivity index (χ4v) is 2.85. The van der Waals surface area contributed by atoms with Gasteiger partial charge in [-0.2, -0.15) is 0 Å². The van der Waals surface area contributed by atoms with Gasteiger partial charge in [-0.3, -0.25) is 0 Å². The minimum absolute atomic E-state index is 0.537. The first kappa shape index (κ1) is 12.3. The standard InChI is InChI=1S/C18H21N/c1-14(15-6-3-2-4-7-15)13-19-18-11-10-16-8-5-9-17(16)12-18/h2-4,6-7,10-12,14,19H,5,8-9,13H2,1H3. The first-order chi connectivity index (χ1) is 9.33. The lowest BCUT2D eigenvalue weighted by Crippen LogP contribution is -2.09. The van der Waals surface area contributed by atoms with Gasteiger partial charge in [0.05, 0.1) is 0 Å². The average molecular weight is 251 g/mol. The Morgan fingerprint density at radius 3 is 2.63 bits per heavy atom. The van der Waals surface area contributed by atoms with Gasteiger partial charge in [0.2, 0.25) is 0 Å². The van der Waals surface area contributed by atoms with Crippen molar-refractivity contribution in [3.8, 4) is 0 Å². The van der Waals surface area contributed by atoms with E-state index in [-0.39, 0.29) is 0 Å². The van der Waals surface area contributed by atoms with Gasteiger partial charge < -0.3 is 5.32 Å². The molecular formula is C18H21N. The van der Waals surface area contributed by atoms with Gasteiger partial charge >= 0.3 is 0 Å². The quantitative estimate of drug-likeness (QED) is 0.849. The van der Waals surface area contributed by atoms with E-state index in [0.717, 1.165) is 6.54 Å². The van der Waals surface area contributed by atoms with E-state index in [1.807, 2.05) is 0 Å². The predicted octanol–water partition coefficient (Wildman–Crippen LogP) is 4.39. The summed E-state index contributed by atoms with van der Waals surface area (Å²) in [6.07, 6.45) is 3.83. The van der Waals surface area contributed by atoms with Crippen molar-refractivity contribution in [2.75, 3.05) is 11.9 Å². The molecule has 0 saturated carbocycles. The second-order valence-electron chi connectivity index (χ2n) is 5.53. The zero-order chi connectivity index (χ0) is 13.1. The van der Waals surface area contributed by atoms with Gasteiger partial charge in [0.15, 0.2) is 0 Å². The molecule has 0 aromatic heterocycles. The summed E-state index contributed by atoms with van der Waals surface area (Å²) in [5.41, 5.74) is 5.75. The molecule has 0 spiro atoms. The average Bonchev–Trinajstić information content (AvgIpc) is 2.93. The van der Waals surface area contributed by atoms with Crippen LogP contribution >= 0.6 is 0 Å². The molecule has 2 aromatic rings. The zero-order valence-electron chi connectivity index (χ0n) is 11.5. The molecule has 0 heterocycles. The number of hydrogen-bond acceptors (Lipinski definition) is 1. The molecule has 1 atom stereocenters. The highest BCUT2D eigenvalue weighted by atomic mass is 14.9. The number of benzene rings is 2. The van der Waals surface area contributed by atoms with Crippen LogP contribution in [0.1, 0.15) is 36.0 Å². The van der Waals surface area contributed by atoms with E-state index in [4.69, 9.17) is 0 Å². The minimum atomic E-state index is 0.537. The van der Waals surface area contributed by atoms with Crippen LogP contribution in [0, 0.1) is 0 Å². The Kier molecular flexibility index (Phi) is 3.54. The summed E-state index contributed by atoms with van der Waals surface area (Å²) in [6, 6.07) is 17.6. The van der Waals surface area contributed by atoms with Crippen LogP contribution < -0.4 is 5.32 Å². The van der Waals surface area contributed by atoms with Crippen molar-refractivity contribution >= 4 is 5.69 Å². The van der Waals surface area contributed by atoms with Gasteiger partial charge in [-0.1, -0.05) is 43.3 Å². The zero-order valence-corrected chi connectivity index (χ0v) is 11.5. The van der Waals surface area contributed by atoms with Crippen molar-refractivity contribution in [3.63, 3.8) is 0 Å². The lowest BCUT2D eigenvalue weighted by atomic mass is 10.0. The van der Waals surface area contributed by atoms with Crippen LogP contribution in [0.3, 0.4) is 0 Å². The highest BCUT2D eigenvalue weighted by molar-refractivity contribution is 5.50. The molecule has 1 aliphatic carbocycles. The number of rotatable bonds is 4. The summed E-state index contributed by atoms with van der Waals surface area (Å²) in [5.74, 6) is 0.537. The Balaban J connectivity index is 1.63. The van der Waals surface area contributed by atoms with Crippen LogP contribution in [0.15, 0.2) is 48.5 Å². The highest BCUT2D eigenvalue weighted by Gasteiger charge is 2.11. The number of anilines is 1. The Morgan fingerprint density at radius 2 is 1.79 bits per heavy atom. The lowest BCUT2D eigenvalue weighted by molar-refractivity contribution is 0.805. The number of fused-ring (bicyclic) bond motifs is 1. The Morgan fingerprint density at radius 1 is 1.00 bits per heavy atom. The molecule has 0 radical (unpaired) electrons. The molecule has 2 aromatic carbocycles. The molecular weight excluding hydrogens is 230 g/mol. The third-order valence-corrected chi connectivity index (χ3v) is 4.08. The van der Waals surface area contributed by atoms with Gasteiger partial charge in [0.25, 0.3) is 0 Å². The van der Waals surface area contributed by atoms with Crippen molar-refractivity contribution in [2.24, 2.45) is 0 Å². The maximum Gasteiger partial charge on any atom is 0.0343 e. The summed E-state index contributed by atoms with van der Waals surface area (Å²) in [4.78, 5) is 0. The first-order valence-corrected chi connectivity index (χ1v) is 7.23. The molecule has 98 valence electrons. The molecule has 0 aliphatic heterocycles. The molecule has 1 nitrogen and oxygen atoms in total. The van der Waals surface area contributed by atoms with Crippen LogP contribution in [0.25, 0.3) is 0 Å². The summed E-state index contributed by atoms with van der Waals surface area (Å²) >= 11 is 0. The molecule has 0 fully saturated rings. The number of nitrogens with one attached hydrogen (secondary N) is 1. The highest BCUT2D eigenvalue weighted by Crippen LogP contribution is 2.25. The summed E-state index contributed by atoms with van der Waals surface area (Å²) in [5, 5.41) is 3.57. The first-order valence-electron chi connectivity index (χ1n) is 7.23.